The predicted octanol–water partition coefficient (Wildman–Crippen LogP) is 12.1. The van der Waals surface area contributed by atoms with Crippen LogP contribution in [0.25, 0.3) is 21.8 Å². The average Bonchev–Trinajstić information content (AvgIpc) is 4.14. The Morgan fingerprint density at radius 1 is 0.575 bits per heavy atom. The second-order valence-corrected chi connectivity index (χ2v) is 17.9. The number of carbonyl (C=O) groups excluding carboxylic acids is 2. The number of ether oxygens (including phenoxy) is 1. The van der Waals surface area contributed by atoms with Crippen molar-refractivity contribution in [3.63, 3.8) is 0 Å². The molecule has 0 spiro atoms. The van der Waals surface area contributed by atoms with E-state index in [0.717, 1.165) is 88.0 Å². The first-order chi connectivity index (χ1) is 34.3. The maximum atomic E-state index is 13.9. The first kappa shape index (κ1) is 52.1. The molecule has 0 unspecified atom stereocenters. The van der Waals surface area contributed by atoms with E-state index in [1.54, 1.807) is 6.07 Å². The van der Waals surface area contributed by atoms with Gasteiger partial charge in [-0.2, -0.15) is 52.7 Å². The molecule has 4 bridgehead atoms. The number of H-pyrrole nitrogens is 2. The molecule has 10 rings (SSSR count). The highest BCUT2D eigenvalue weighted by atomic mass is 19.4. The van der Waals surface area contributed by atoms with Crippen molar-refractivity contribution in [3.8, 4) is 0 Å². The molecule has 0 saturated carbocycles. The molecule has 2 aromatic heterocycles. The third-order valence-corrected chi connectivity index (χ3v) is 13.6. The number of halogens is 12. The van der Waals surface area contributed by atoms with E-state index in [0.29, 0.717) is 29.5 Å². The molecule has 0 atom stereocenters. The quantitative estimate of drug-likeness (QED) is 0.0731. The predicted molar refractivity (Wildman–Crippen MR) is 247 cm³/mol. The monoisotopic (exact) mass is 1040 g/mol. The summed E-state index contributed by atoms with van der Waals surface area (Å²) in [6.45, 7) is 1.56. The van der Waals surface area contributed by atoms with Crippen molar-refractivity contribution in [1.29, 1.82) is 0 Å². The number of benzene rings is 4. The summed E-state index contributed by atoms with van der Waals surface area (Å²) in [5, 5.41) is 0.749. The van der Waals surface area contributed by atoms with E-state index in [-0.39, 0.29) is 35.4 Å². The first-order valence-electron chi connectivity index (χ1n) is 22.9. The molecule has 73 heavy (non-hydrogen) atoms. The minimum atomic E-state index is -4.87. The summed E-state index contributed by atoms with van der Waals surface area (Å²) in [5.41, 5.74) is -1.97. The van der Waals surface area contributed by atoms with Gasteiger partial charge in [-0.05, 0) is 119 Å². The number of nitrogens with zero attached hydrogens (tertiary/aromatic N) is 2. The molecular weight excluding hydrogens is 993 g/mol. The molecule has 23 heteroatoms. The number of aromatic nitrogens is 2. The highest BCUT2D eigenvalue weighted by Gasteiger charge is 2.43. The zero-order valence-corrected chi connectivity index (χ0v) is 38.3. The fourth-order valence-electron chi connectivity index (χ4n) is 10.4. The summed E-state index contributed by atoms with van der Waals surface area (Å²) in [7, 11) is 0. The van der Waals surface area contributed by atoms with E-state index in [4.69, 9.17) is 5.73 Å². The topological polar surface area (TPSA) is 154 Å². The Kier molecular flexibility index (Phi) is 14.0. The van der Waals surface area contributed by atoms with Crippen LogP contribution < -0.4 is 31.7 Å². The summed E-state index contributed by atoms with van der Waals surface area (Å²) in [5.74, 6) is -2.20. The molecule has 4 aliphatic heterocycles. The molecule has 388 valence electrons. The van der Waals surface area contributed by atoms with Crippen LogP contribution >= 0.6 is 0 Å². The van der Waals surface area contributed by atoms with Crippen molar-refractivity contribution in [3.05, 3.63) is 139 Å². The molecule has 4 saturated heterocycles. The van der Waals surface area contributed by atoms with Crippen molar-refractivity contribution in [2.75, 3.05) is 27.5 Å². The van der Waals surface area contributed by atoms with Crippen LogP contribution in [-0.2, 0) is 29.4 Å². The zero-order chi connectivity index (χ0) is 52.9. The molecule has 4 aliphatic rings. The van der Waals surface area contributed by atoms with E-state index < -0.39 is 97.3 Å². The Morgan fingerprint density at radius 3 is 1.40 bits per heavy atom. The molecular formula is C50H44F12N6O5. The lowest BCUT2D eigenvalue weighted by atomic mass is 10.0. The lowest BCUT2D eigenvalue weighted by molar-refractivity contribution is -0.137. The number of nitrogens with two attached hydrogens (primary N) is 1. The third kappa shape index (κ3) is 10.5. The Labute approximate surface area is 406 Å². The van der Waals surface area contributed by atoms with Gasteiger partial charge in [0, 0.05) is 64.7 Å². The molecule has 6 heterocycles. The smallest absolute Gasteiger partial charge is 0.418 e. The number of alkyl halides is 12. The lowest BCUT2D eigenvalue weighted by Crippen LogP contribution is -2.29. The number of fused-ring (bicyclic) bond motifs is 6. The summed E-state index contributed by atoms with van der Waals surface area (Å²) in [6.07, 6.45) is -8.76. The van der Waals surface area contributed by atoms with Crippen molar-refractivity contribution in [1.82, 2.24) is 9.97 Å². The number of nitrogens with one attached hydrogen (secondary N) is 3. The number of aromatic amines is 2. The van der Waals surface area contributed by atoms with E-state index >= 15 is 0 Å². The normalized spacial score (nSPS) is 19.4. The van der Waals surface area contributed by atoms with Gasteiger partial charge in [-0.25, -0.2) is 4.79 Å². The Morgan fingerprint density at radius 2 is 0.973 bits per heavy atom. The van der Waals surface area contributed by atoms with E-state index in [1.807, 2.05) is 4.90 Å². The minimum Gasteiger partial charge on any atom is -0.462 e. The summed E-state index contributed by atoms with van der Waals surface area (Å²) >= 11 is 0. The van der Waals surface area contributed by atoms with E-state index in [9.17, 15) is 71.9 Å². The van der Waals surface area contributed by atoms with Crippen LogP contribution in [0.1, 0.15) is 101 Å². The molecule has 0 radical (unpaired) electrons. The van der Waals surface area contributed by atoms with Gasteiger partial charge in [-0.1, -0.05) is 12.1 Å². The Balaban J connectivity index is 0.000000159. The number of rotatable bonds is 6. The van der Waals surface area contributed by atoms with Crippen molar-refractivity contribution in [2.45, 2.75) is 107 Å². The Hall–Kier alpha value is -7.20. The lowest BCUT2D eigenvalue weighted by Gasteiger charge is -2.26. The summed E-state index contributed by atoms with van der Waals surface area (Å²) in [6, 6.07) is 15.4. The van der Waals surface area contributed by atoms with Gasteiger partial charge in [0.25, 0.3) is 5.91 Å². The number of esters is 1. The van der Waals surface area contributed by atoms with Crippen molar-refractivity contribution >= 4 is 56.4 Å². The van der Waals surface area contributed by atoms with E-state index in [2.05, 4.69) is 24.9 Å². The minimum absolute atomic E-state index is 0.0119. The second-order valence-electron chi connectivity index (χ2n) is 17.9. The van der Waals surface area contributed by atoms with Gasteiger partial charge < -0.3 is 35.6 Å². The SMILES string of the molecule is CCOC(=O)c1c[nH]c2cccc(C(F)(F)F)c2c1=O.Nc1ccc(N2C3CCC2CC3)cc1C(F)(F)F.O=C(Nc1ccc(N2C3CCC2CC3)cc1C(F)(F)F)c1c[nH]c2cccc(C(F)(F)F)c2c1=O. The first-order valence-corrected chi connectivity index (χ1v) is 22.9. The van der Waals surface area contributed by atoms with Gasteiger partial charge >= 0.3 is 30.7 Å². The maximum absolute atomic E-state index is 13.9. The van der Waals surface area contributed by atoms with Gasteiger partial charge in [0.1, 0.15) is 11.1 Å². The van der Waals surface area contributed by atoms with Crippen LogP contribution in [-0.4, -0.2) is 52.6 Å². The van der Waals surface area contributed by atoms with Crippen LogP contribution in [0.2, 0.25) is 0 Å². The van der Waals surface area contributed by atoms with Crippen LogP contribution in [0.15, 0.2) is 94.8 Å². The van der Waals surface area contributed by atoms with Crippen molar-refractivity contribution in [2.24, 2.45) is 0 Å². The van der Waals surface area contributed by atoms with E-state index in [1.165, 1.54) is 43.3 Å². The zero-order valence-electron chi connectivity index (χ0n) is 38.3. The largest absolute Gasteiger partial charge is 0.462 e. The number of anilines is 4. The number of hydrogen-bond donors (Lipinski definition) is 4. The fourth-order valence-corrected chi connectivity index (χ4v) is 10.4. The maximum Gasteiger partial charge on any atom is 0.418 e. The summed E-state index contributed by atoms with van der Waals surface area (Å²) < 4.78 is 164. The number of nitrogen functional groups attached to an aromatic ring is 1. The number of hydrogen-bond acceptors (Lipinski definition) is 8. The van der Waals surface area contributed by atoms with Gasteiger partial charge in [-0.3, -0.25) is 14.4 Å². The third-order valence-electron chi connectivity index (χ3n) is 13.6. The van der Waals surface area contributed by atoms with Crippen LogP contribution in [0.5, 0.6) is 0 Å². The molecule has 5 N–H and O–H groups in total. The van der Waals surface area contributed by atoms with Gasteiger partial charge in [0.05, 0.1) is 45.3 Å². The average molecular weight is 1040 g/mol. The summed E-state index contributed by atoms with van der Waals surface area (Å²) in [4.78, 5) is 58.3. The van der Waals surface area contributed by atoms with Crippen LogP contribution in [0.4, 0.5) is 75.4 Å². The van der Waals surface area contributed by atoms with Crippen LogP contribution in [0.3, 0.4) is 0 Å². The molecule has 0 aliphatic carbocycles. The Bertz CT molecular complexity index is 3160. The molecule has 4 fully saturated rings. The fraction of sp³-hybridized carbons (Fsp3) is 0.360. The van der Waals surface area contributed by atoms with Gasteiger partial charge in [0.15, 0.2) is 0 Å². The molecule has 11 nitrogen and oxygen atoms in total. The van der Waals surface area contributed by atoms with Crippen LogP contribution in [0, 0.1) is 0 Å². The number of pyridine rings is 2. The molecule has 4 aromatic carbocycles. The number of amides is 1. The van der Waals surface area contributed by atoms with Gasteiger partial charge in [-0.15, -0.1) is 0 Å². The standard InChI is InChI=1S/C24H19F6N3O2.C13H15F3N2.C13H10F3NO3/c25-23(26,27)16-2-1-3-19-20(16)21(34)15(11-31-19)22(35)32-18-9-8-14(10-17(18)24(28,29)30)33-12-4-5-13(33)7-6-12;14-13(15,16)11-7-10(5-6-12(11)17)18-8-1-2-9(18)4-3-8;1-2-20-12(19)7-6-17-9-5-3-4-8(13(14,15)16)10(9)11(7)18/h1-3,8-13H,4-7H2,(H,31,34)(H,32,35);5-9H,1-4,17H2;3-6H,2H2,1H3,(H,17,18). The number of carbonyl (C=O) groups is 2. The molecule has 1 amide bonds. The second kappa shape index (κ2) is 19.7. The highest BCUT2D eigenvalue weighted by Crippen LogP contribution is 2.46. The highest BCUT2D eigenvalue weighted by molar-refractivity contribution is 6.06. The molecule has 6 aromatic rings. The van der Waals surface area contributed by atoms with Crippen molar-refractivity contribution < 1.29 is 67.0 Å². The van der Waals surface area contributed by atoms with Gasteiger partial charge in [0.2, 0.25) is 10.9 Å².